The molecule has 1 atom stereocenters. The smallest absolute Gasteiger partial charge is 0.141 e. The Hall–Kier alpha value is -1.98. The van der Waals surface area contributed by atoms with Crippen LogP contribution in [0.2, 0.25) is 0 Å². The summed E-state index contributed by atoms with van der Waals surface area (Å²) in [5.41, 5.74) is 2.17. The van der Waals surface area contributed by atoms with Crippen molar-refractivity contribution in [3.63, 3.8) is 0 Å². The first-order valence-electron chi connectivity index (χ1n) is 6.83. The van der Waals surface area contributed by atoms with Gasteiger partial charge in [0, 0.05) is 24.3 Å². The van der Waals surface area contributed by atoms with Gasteiger partial charge in [0.1, 0.15) is 10.8 Å². The van der Waals surface area contributed by atoms with E-state index in [0.29, 0.717) is 0 Å². The maximum Gasteiger partial charge on any atom is 0.141 e. The summed E-state index contributed by atoms with van der Waals surface area (Å²) in [6, 6.07) is 10.4. The van der Waals surface area contributed by atoms with Crippen molar-refractivity contribution in [2.45, 2.75) is 19.5 Å². The van der Waals surface area contributed by atoms with Crippen molar-refractivity contribution in [3.05, 3.63) is 53.3 Å². The molecule has 0 bridgehead atoms. The predicted octanol–water partition coefficient (Wildman–Crippen LogP) is 3.55. The maximum absolute atomic E-state index is 5.35. The number of nitrogens with one attached hydrogen (secondary N) is 1. The van der Waals surface area contributed by atoms with Gasteiger partial charge in [-0.1, -0.05) is 12.1 Å². The fourth-order valence-electron chi connectivity index (χ4n) is 2.26. The van der Waals surface area contributed by atoms with Crippen LogP contribution in [0.25, 0.3) is 10.2 Å². The zero-order chi connectivity index (χ0) is 14.7. The zero-order valence-corrected chi connectivity index (χ0v) is 12.9. The number of hydrogen-bond acceptors (Lipinski definition) is 5. The Kier molecular flexibility index (Phi) is 4.13. The molecule has 1 N–H and O–H groups in total. The molecule has 0 amide bonds. The van der Waals surface area contributed by atoms with Crippen molar-refractivity contribution in [1.82, 2.24) is 15.3 Å². The van der Waals surface area contributed by atoms with Crippen molar-refractivity contribution in [2.75, 3.05) is 7.11 Å². The van der Waals surface area contributed by atoms with Gasteiger partial charge in [-0.05, 0) is 25.1 Å². The van der Waals surface area contributed by atoms with E-state index in [4.69, 9.17) is 4.74 Å². The highest BCUT2D eigenvalue weighted by molar-refractivity contribution is 7.18. The number of para-hydroxylation sites is 1. The van der Waals surface area contributed by atoms with Crippen LogP contribution >= 0.6 is 11.3 Å². The molecule has 0 saturated carbocycles. The lowest BCUT2D eigenvalue weighted by molar-refractivity contribution is 0.399. The van der Waals surface area contributed by atoms with Crippen molar-refractivity contribution in [2.24, 2.45) is 0 Å². The first-order valence-corrected chi connectivity index (χ1v) is 7.65. The van der Waals surface area contributed by atoms with Gasteiger partial charge in [0.05, 0.1) is 23.5 Å². The third-order valence-corrected chi connectivity index (χ3v) is 4.44. The normalized spacial score (nSPS) is 12.5. The first-order chi connectivity index (χ1) is 10.3. The van der Waals surface area contributed by atoms with Crippen LogP contribution in [0.1, 0.15) is 23.5 Å². The Bertz CT molecular complexity index is 708. The van der Waals surface area contributed by atoms with E-state index >= 15 is 0 Å². The average molecular weight is 299 g/mol. The number of rotatable bonds is 5. The van der Waals surface area contributed by atoms with E-state index in [1.807, 2.05) is 24.3 Å². The summed E-state index contributed by atoms with van der Waals surface area (Å²) >= 11 is 1.73. The standard InChI is InChI=1S/C16H17N3OS/c1-11(12-7-8-17-9-14(12)20-2)18-10-16-19-13-5-3-4-6-15(13)21-16/h3-9,11,18H,10H2,1-2H3/t11-/m0/s1. The van der Waals surface area contributed by atoms with Gasteiger partial charge >= 0.3 is 0 Å². The molecule has 0 unspecified atom stereocenters. The quantitative estimate of drug-likeness (QED) is 0.782. The second-order valence-electron chi connectivity index (χ2n) is 4.80. The Morgan fingerprint density at radius 2 is 2.14 bits per heavy atom. The summed E-state index contributed by atoms with van der Waals surface area (Å²) in [4.78, 5) is 8.72. The van der Waals surface area contributed by atoms with E-state index in [0.717, 1.165) is 28.4 Å². The van der Waals surface area contributed by atoms with Crippen molar-refractivity contribution in [3.8, 4) is 5.75 Å². The number of nitrogens with zero attached hydrogens (tertiary/aromatic N) is 2. The number of hydrogen-bond donors (Lipinski definition) is 1. The lowest BCUT2D eigenvalue weighted by atomic mass is 10.1. The lowest BCUT2D eigenvalue weighted by Gasteiger charge is -2.15. The Balaban J connectivity index is 1.72. The molecule has 0 aliphatic carbocycles. The summed E-state index contributed by atoms with van der Waals surface area (Å²) < 4.78 is 6.58. The third kappa shape index (κ3) is 3.04. The van der Waals surface area contributed by atoms with Gasteiger partial charge < -0.3 is 10.1 Å². The molecular formula is C16H17N3OS. The van der Waals surface area contributed by atoms with Crippen LogP contribution in [0.4, 0.5) is 0 Å². The number of fused-ring (bicyclic) bond motifs is 1. The minimum atomic E-state index is 0.176. The average Bonchev–Trinajstić information content (AvgIpc) is 2.95. The second-order valence-corrected chi connectivity index (χ2v) is 5.91. The SMILES string of the molecule is COc1cnccc1[C@H](C)NCc1nc2ccccc2s1. The van der Waals surface area contributed by atoms with Crippen molar-refractivity contribution >= 4 is 21.6 Å². The fourth-order valence-corrected chi connectivity index (χ4v) is 3.18. The molecule has 5 heteroatoms. The molecule has 0 spiro atoms. The maximum atomic E-state index is 5.35. The fraction of sp³-hybridized carbons (Fsp3) is 0.250. The van der Waals surface area contributed by atoms with E-state index < -0.39 is 0 Å². The molecule has 3 aromatic rings. The van der Waals surface area contributed by atoms with Crippen LogP contribution in [0.15, 0.2) is 42.7 Å². The van der Waals surface area contributed by atoms with Gasteiger partial charge in [-0.2, -0.15) is 0 Å². The topological polar surface area (TPSA) is 47.0 Å². The molecule has 2 aromatic heterocycles. The lowest BCUT2D eigenvalue weighted by Crippen LogP contribution is -2.18. The summed E-state index contributed by atoms with van der Waals surface area (Å²) in [5.74, 6) is 0.807. The second kappa shape index (κ2) is 6.20. The van der Waals surface area contributed by atoms with E-state index in [1.165, 1.54) is 4.70 Å². The molecule has 0 saturated heterocycles. The summed E-state index contributed by atoms with van der Waals surface area (Å²) in [6.07, 6.45) is 3.53. The summed E-state index contributed by atoms with van der Waals surface area (Å²) in [5, 5.41) is 4.58. The Morgan fingerprint density at radius 3 is 2.95 bits per heavy atom. The summed E-state index contributed by atoms with van der Waals surface area (Å²) in [7, 11) is 1.67. The zero-order valence-electron chi connectivity index (χ0n) is 12.0. The molecule has 0 radical (unpaired) electrons. The van der Waals surface area contributed by atoms with E-state index in [1.54, 1.807) is 30.8 Å². The molecule has 108 valence electrons. The molecular weight excluding hydrogens is 282 g/mol. The van der Waals surface area contributed by atoms with Gasteiger partial charge in [-0.15, -0.1) is 11.3 Å². The summed E-state index contributed by atoms with van der Waals surface area (Å²) in [6.45, 7) is 2.86. The number of methoxy groups -OCH3 is 1. The monoisotopic (exact) mass is 299 g/mol. The van der Waals surface area contributed by atoms with Crippen LogP contribution < -0.4 is 10.1 Å². The number of ether oxygens (including phenoxy) is 1. The number of benzene rings is 1. The van der Waals surface area contributed by atoms with Crippen molar-refractivity contribution < 1.29 is 4.74 Å². The minimum Gasteiger partial charge on any atom is -0.495 e. The van der Waals surface area contributed by atoms with Gasteiger partial charge in [0.15, 0.2) is 0 Å². The third-order valence-electron chi connectivity index (χ3n) is 3.40. The van der Waals surface area contributed by atoms with Crippen LogP contribution in [-0.2, 0) is 6.54 Å². The number of thiazole rings is 1. The molecule has 0 aliphatic rings. The predicted molar refractivity (Wildman–Crippen MR) is 85.7 cm³/mol. The van der Waals surface area contributed by atoms with Crippen LogP contribution in [-0.4, -0.2) is 17.1 Å². The largest absolute Gasteiger partial charge is 0.495 e. The molecule has 4 nitrogen and oxygen atoms in total. The van der Waals surface area contributed by atoms with E-state index in [-0.39, 0.29) is 6.04 Å². The number of pyridine rings is 1. The highest BCUT2D eigenvalue weighted by atomic mass is 32.1. The molecule has 21 heavy (non-hydrogen) atoms. The molecule has 3 rings (SSSR count). The van der Waals surface area contributed by atoms with E-state index in [9.17, 15) is 0 Å². The number of aromatic nitrogens is 2. The first kappa shape index (κ1) is 14.0. The highest BCUT2D eigenvalue weighted by Gasteiger charge is 2.11. The molecule has 1 aromatic carbocycles. The minimum absolute atomic E-state index is 0.176. The molecule has 2 heterocycles. The van der Waals surface area contributed by atoms with Crippen molar-refractivity contribution in [1.29, 1.82) is 0 Å². The van der Waals surface area contributed by atoms with Gasteiger partial charge in [0.25, 0.3) is 0 Å². The Labute approximate surface area is 127 Å². The van der Waals surface area contributed by atoms with E-state index in [2.05, 4.69) is 28.3 Å². The van der Waals surface area contributed by atoms with Gasteiger partial charge in [0.2, 0.25) is 0 Å². The highest BCUT2D eigenvalue weighted by Crippen LogP contribution is 2.25. The molecule has 0 aliphatic heterocycles. The van der Waals surface area contributed by atoms with Crippen LogP contribution in [0.5, 0.6) is 5.75 Å². The molecule has 0 fully saturated rings. The van der Waals surface area contributed by atoms with Gasteiger partial charge in [-0.25, -0.2) is 4.98 Å². The van der Waals surface area contributed by atoms with Crippen LogP contribution in [0, 0.1) is 0 Å². The van der Waals surface area contributed by atoms with Gasteiger partial charge in [-0.3, -0.25) is 4.98 Å². The van der Waals surface area contributed by atoms with Crippen LogP contribution in [0.3, 0.4) is 0 Å². The Morgan fingerprint density at radius 1 is 1.29 bits per heavy atom.